The Morgan fingerprint density at radius 2 is 1.83 bits per heavy atom. The van der Waals surface area contributed by atoms with Crippen LogP contribution in [0, 0.1) is 6.92 Å². The highest BCUT2D eigenvalue weighted by Crippen LogP contribution is 2.30. The van der Waals surface area contributed by atoms with Gasteiger partial charge in [0, 0.05) is 36.8 Å². The molecule has 1 aliphatic rings. The van der Waals surface area contributed by atoms with Crippen molar-refractivity contribution in [2.24, 2.45) is 0 Å². The molecule has 2 aromatic rings. The molecular formula is C21H26N2O. The first-order chi connectivity index (χ1) is 11.7. The molecule has 2 heterocycles. The highest BCUT2D eigenvalue weighted by atomic mass is 16.2. The molecule has 1 saturated heterocycles. The van der Waals surface area contributed by atoms with Crippen molar-refractivity contribution in [2.45, 2.75) is 45.4 Å². The van der Waals surface area contributed by atoms with E-state index in [1.807, 2.05) is 11.0 Å². The first-order valence-electron chi connectivity index (χ1n) is 8.99. The van der Waals surface area contributed by atoms with Gasteiger partial charge in [0.25, 0.3) is 0 Å². The summed E-state index contributed by atoms with van der Waals surface area (Å²) in [5, 5.41) is 0. The van der Waals surface area contributed by atoms with Crippen molar-refractivity contribution < 1.29 is 4.79 Å². The van der Waals surface area contributed by atoms with Gasteiger partial charge in [0.2, 0.25) is 5.91 Å². The van der Waals surface area contributed by atoms with E-state index < -0.39 is 0 Å². The van der Waals surface area contributed by atoms with E-state index in [0.29, 0.717) is 18.2 Å². The van der Waals surface area contributed by atoms with E-state index in [2.05, 4.69) is 50.2 Å². The molecule has 1 aliphatic heterocycles. The number of rotatable bonds is 4. The van der Waals surface area contributed by atoms with Crippen molar-refractivity contribution in [3.05, 3.63) is 53.9 Å². The van der Waals surface area contributed by atoms with Crippen molar-refractivity contribution in [2.75, 3.05) is 13.1 Å². The first-order valence-corrected chi connectivity index (χ1v) is 8.99. The molecule has 1 aromatic heterocycles. The van der Waals surface area contributed by atoms with Crippen molar-refractivity contribution in [1.29, 1.82) is 0 Å². The lowest BCUT2D eigenvalue weighted by Gasteiger charge is -2.32. The molecule has 3 rings (SSSR count). The number of aryl methyl sites for hydroxylation is 1. The molecule has 3 heteroatoms. The summed E-state index contributed by atoms with van der Waals surface area (Å²) < 4.78 is 0. The number of carbonyl (C=O) groups excluding carboxylic acids is 1. The lowest BCUT2D eigenvalue weighted by Crippen LogP contribution is -2.37. The smallest absolute Gasteiger partial charge is 0.222 e. The summed E-state index contributed by atoms with van der Waals surface area (Å²) in [4.78, 5) is 18.9. The van der Waals surface area contributed by atoms with Crippen molar-refractivity contribution in [1.82, 2.24) is 9.88 Å². The number of hydrogen-bond donors (Lipinski definition) is 0. The van der Waals surface area contributed by atoms with Crippen LogP contribution in [0.2, 0.25) is 0 Å². The van der Waals surface area contributed by atoms with Crippen LogP contribution in [-0.4, -0.2) is 28.9 Å². The number of carbonyl (C=O) groups is 1. The highest BCUT2D eigenvalue weighted by molar-refractivity contribution is 5.76. The number of benzene rings is 1. The molecule has 0 bridgehead atoms. The van der Waals surface area contributed by atoms with Gasteiger partial charge in [-0.2, -0.15) is 0 Å². The maximum Gasteiger partial charge on any atom is 0.222 e. The van der Waals surface area contributed by atoms with Gasteiger partial charge in [0.1, 0.15) is 0 Å². The summed E-state index contributed by atoms with van der Waals surface area (Å²) in [6.45, 7) is 5.85. The molecule has 0 radical (unpaired) electrons. The molecule has 0 N–H and O–H groups in total. The Morgan fingerprint density at radius 1 is 1.12 bits per heavy atom. The van der Waals surface area contributed by atoms with E-state index in [1.54, 1.807) is 0 Å². The molecule has 0 unspecified atom stereocenters. The van der Waals surface area contributed by atoms with Crippen LogP contribution in [0.5, 0.6) is 0 Å². The van der Waals surface area contributed by atoms with E-state index in [-0.39, 0.29) is 0 Å². The predicted molar refractivity (Wildman–Crippen MR) is 97.9 cm³/mol. The van der Waals surface area contributed by atoms with Gasteiger partial charge in [0.15, 0.2) is 0 Å². The van der Waals surface area contributed by atoms with Crippen LogP contribution in [0.4, 0.5) is 0 Å². The van der Waals surface area contributed by atoms with E-state index in [4.69, 9.17) is 4.98 Å². The highest BCUT2D eigenvalue weighted by Gasteiger charge is 2.24. The molecule has 0 atom stereocenters. The SMILES string of the molecule is CCCC(=O)N1CCC(c2cc(-c3ccccc3)cc(C)n2)CC1. The van der Waals surface area contributed by atoms with Crippen LogP contribution in [0.3, 0.4) is 0 Å². The summed E-state index contributed by atoms with van der Waals surface area (Å²) in [6.07, 6.45) is 3.63. The Kier molecular flexibility index (Phi) is 5.29. The molecule has 1 amide bonds. The van der Waals surface area contributed by atoms with Crippen LogP contribution in [0.15, 0.2) is 42.5 Å². The van der Waals surface area contributed by atoms with Crippen LogP contribution in [-0.2, 0) is 4.79 Å². The van der Waals surface area contributed by atoms with E-state index in [9.17, 15) is 4.79 Å². The van der Waals surface area contributed by atoms with Crippen LogP contribution in [0.1, 0.15) is 49.9 Å². The number of aromatic nitrogens is 1. The van der Waals surface area contributed by atoms with Gasteiger partial charge in [-0.05, 0) is 49.4 Å². The van der Waals surface area contributed by atoms with Crippen molar-refractivity contribution in [3.63, 3.8) is 0 Å². The fourth-order valence-electron chi connectivity index (χ4n) is 3.50. The Labute approximate surface area is 144 Å². The average molecular weight is 322 g/mol. The van der Waals surface area contributed by atoms with Gasteiger partial charge in [-0.3, -0.25) is 9.78 Å². The van der Waals surface area contributed by atoms with Crippen molar-refractivity contribution >= 4 is 5.91 Å². The topological polar surface area (TPSA) is 33.2 Å². The molecule has 3 nitrogen and oxygen atoms in total. The standard InChI is InChI=1S/C21H26N2O/c1-3-7-21(24)23-12-10-18(11-13-23)20-15-19(14-16(2)22-20)17-8-5-4-6-9-17/h4-6,8-9,14-15,18H,3,7,10-13H2,1-2H3. The van der Waals surface area contributed by atoms with Gasteiger partial charge >= 0.3 is 0 Å². The minimum atomic E-state index is 0.304. The summed E-state index contributed by atoms with van der Waals surface area (Å²) >= 11 is 0. The second-order valence-corrected chi connectivity index (χ2v) is 6.69. The average Bonchev–Trinajstić information content (AvgIpc) is 2.62. The maximum atomic E-state index is 12.0. The second-order valence-electron chi connectivity index (χ2n) is 6.69. The van der Waals surface area contributed by atoms with Crippen LogP contribution in [0.25, 0.3) is 11.1 Å². The lowest BCUT2D eigenvalue weighted by atomic mass is 9.91. The summed E-state index contributed by atoms with van der Waals surface area (Å²) in [5.74, 6) is 0.760. The van der Waals surface area contributed by atoms with Gasteiger partial charge in [-0.15, -0.1) is 0 Å². The Hall–Kier alpha value is -2.16. The lowest BCUT2D eigenvalue weighted by molar-refractivity contribution is -0.132. The van der Waals surface area contributed by atoms with E-state index in [0.717, 1.165) is 38.0 Å². The van der Waals surface area contributed by atoms with Gasteiger partial charge < -0.3 is 4.90 Å². The monoisotopic (exact) mass is 322 g/mol. The Morgan fingerprint density at radius 3 is 2.50 bits per heavy atom. The Bertz CT molecular complexity index is 688. The summed E-state index contributed by atoms with van der Waals surface area (Å²) in [7, 11) is 0. The zero-order valence-corrected chi connectivity index (χ0v) is 14.7. The van der Waals surface area contributed by atoms with Gasteiger partial charge in [0.05, 0.1) is 0 Å². The summed E-state index contributed by atoms with van der Waals surface area (Å²) in [5.41, 5.74) is 4.72. The third kappa shape index (κ3) is 3.84. The number of amides is 1. The maximum absolute atomic E-state index is 12.0. The van der Waals surface area contributed by atoms with E-state index in [1.165, 1.54) is 16.8 Å². The van der Waals surface area contributed by atoms with Crippen molar-refractivity contribution in [3.8, 4) is 11.1 Å². The second kappa shape index (κ2) is 7.61. The molecular weight excluding hydrogens is 296 g/mol. The number of piperidine rings is 1. The number of nitrogens with zero attached hydrogens (tertiary/aromatic N) is 2. The molecule has 24 heavy (non-hydrogen) atoms. The van der Waals surface area contributed by atoms with Crippen LogP contribution < -0.4 is 0 Å². The largest absolute Gasteiger partial charge is 0.343 e. The Balaban J connectivity index is 1.74. The zero-order chi connectivity index (χ0) is 16.9. The minimum Gasteiger partial charge on any atom is -0.343 e. The van der Waals surface area contributed by atoms with E-state index >= 15 is 0 Å². The molecule has 0 spiro atoms. The summed E-state index contributed by atoms with van der Waals surface area (Å²) in [6, 6.07) is 14.9. The normalized spacial score (nSPS) is 15.5. The zero-order valence-electron chi connectivity index (χ0n) is 14.7. The molecule has 0 saturated carbocycles. The first kappa shape index (κ1) is 16.7. The quantitative estimate of drug-likeness (QED) is 0.826. The molecule has 1 aromatic carbocycles. The van der Waals surface area contributed by atoms with Gasteiger partial charge in [-0.25, -0.2) is 0 Å². The molecule has 0 aliphatic carbocycles. The van der Waals surface area contributed by atoms with Gasteiger partial charge in [-0.1, -0.05) is 37.3 Å². The minimum absolute atomic E-state index is 0.304. The predicted octanol–water partition coefficient (Wildman–Crippen LogP) is 4.56. The fraction of sp³-hybridized carbons (Fsp3) is 0.429. The number of hydrogen-bond acceptors (Lipinski definition) is 2. The fourth-order valence-corrected chi connectivity index (χ4v) is 3.50. The number of likely N-dealkylation sites (tertiary alicyclic amines) is 1. The third-order valence-electron chi connectivity index (χ3n) is 4.81. The molecule has 126 valence electrons. The molecule has 1 fully saturated rings. The van der Waals surface area contributed by atoms with Crippen LogP contribution >= 0.6 is 0 Å². The third-order valence-corrected chi connectivity index (χ3v) is 4.81. The number of pyridine rings is 1.